The molecule has 0 unspecified atom stereocenters. The highest BCUT2D eigenvalue weighted by molar-refractivity contribution is 5.80. The first-order valence-corrected chi connectivity index (χ1v) is 6.79. The van der Waals surface area contributed by atoms with Gasteiger partial charge in [-0.1, -0.05) is 6.07 Å². The molecule has 1 aromatic rings. The zero-order chi connectivity index (χ0) is 13.8. The van der Waals surface area contributed by atoms with Crippen LogP contribution in [0.3, 0.4) is 0 Å². The number of ether oxygens (including phenoxy) is 1. The van der Waals surface area contributed by atoms with Crippen LogP contribution in [0.5, 0.6) is 5.75 Å². The minimum absolute atomic E-state index is 0.0434. The second-order valence-corrected chi connectivity index (χ2v) is 5.25. The van der Waals surface area contributed by atoms with E-state index in [0.29, 0.717) is 13.0 Å². The number of carbonyl (C=O) groups is 1. The zero-order valence-electron chi connectivity index (χ0n) is 11.4. The van der Waals surface area contributed by atoms with Gasteiger partial charge in [-0.3, -0.25) is 4.79 Å². The van der Waals surface area contributed by atoms with Crippen LogP contribution >= 0.6 is 0 Å². The van der Waals surface area contributed by atoms with E-state index in [0.717, 1.165) is 18.4 Å². The molecule has 0 saturated heterocycles. The number of rotatable bonds is 6. The van der Waals surface area contributed by atoms with Crippen LogP contribution in [0.4, 0.5) is 4.39 Å². The van der Waals surface area contributed by atoms with E-state index in [1.54, 1.807) is 6.07 Å². The Morgan fingerprint density at radius 3 is 2.79 bits per heavy atom. The summed E-state index contributed by atoms with van der Waals surface area (Å²) < 4.78 is 19.1. The van der Waals surface area contributed by atoms with Crippen molar-refractivity contribution in [2.24, 2.45) is 5.92 Å². The fourth-order valence-corrected chi connectivity index (χ4v) is 1.87. The number of amides is 1. The standard InChI is InChI=1S/C15H20FNO2/c1-10(2)19-14-6-3-11(9-13(14)16)7-8-17-15(18)12-4-5-12/h3,6,9-10,12H,4-5,7-8H2,1-2H3,(H,17,18). The third-order valence-electron chi connectivity index (χ3n) is 3.02. The first kappa shape index (κ1) is 13.8. The van der Waals surface area contributed by atoms with Crippen molar-refractivity contribution in [3.05, 3.63) is 29.6 Å². The normalized spacial score (nSPS) is 14.5. The van der Waals surface area contributed by atoms with Gasteiger partial charge in [0.25, 0.3) is 0 Å². The second-order valence-electron chi connectivity index (χ2n) is 5.25. The molecule has 1 N–H and O–H groups in total. The molecule has 0 atom stereocenters. The van der Waals surface area contributed by atoms with E-state index < -0.39 is 0 Å². The van der Waals surface area contributed by atoms with Crippen LogP contribution in [0, 0.1) is 11.7 Å². The van der Waals surface area contributed by atoms with Gasteiger partial charge in [-0.15, -0.1) is 0 Å². The van der Waals surface area contributed by atoms with Crippen LogP contribution in [-0.4, -0.2) is 18.6 Å². The summed E-state index contributed by atoms with van der Waals surface area (Å²) in [7, 11) is 0. The van der Waals surface area contributed by atoms with Gasteiger partial charge >= 0.3 is 0 Å². The fraction of sp³-hybridized carbons (Fsp3) is 0.533. The predicted molar refractivity (Wildman–Crippen MR) is 71.6 cm³/mol. The molecule has 1 saturated carbocycles. The smallest absolute Gasteiger partial charge is 0.223 e. The zero-order valence-corrected chi connectivity index (χ0v) is 11.4. The van der Waals surface area contributed by atoms with Gasteiger partial charge in [0.15, 0.2) is 11.6 Å². The van der Waals surface area contributed by atoms with Gasteiger partial charge in [-0.25, -0.2) is 4.39 Å². The third-order valence-corrected chi connectivity index (χ3v) is 3.02. The Kier molecular flexibility index (Phi) is 4.40. The van der Waals surface area contributed by atoms with Crippen molar-refractivity contribution in [1.82, 2.24) is 5.32 Å². The lowest BCUT2D eigenvalue weighted by atomic mass is 10.1. The molecule has 2 rings (SSSR count). The average molecular weight is 265 g/mol. The SMILES string of the molecule is CC(C)Oc1ccc(CCNC(=O)C2CC2)cc1F. The van der Waals surface area contributed by atoms with Gasteiger partial charge < -0.3 is 10.1 Å². The Morgan fingerprint density at radius 1 is 1.47 bits per heavy atom. The fourth-order valence-electron chi connectivity index (χ4n) is 1.87. The highest BCUT2D eigenvalue weighted by Gasteiger charge is 2.28. The van der Waals surface area contributed by atoms with E-state index in [4.69, 9.17) is 4.74 Å². The lowest BCUT2D eigenvalue weighted by molar-refractivity contribution is -0.122. The summed E-state index contributed by atoms with van der Waals surface area (Å²) in [5.41, 5.74) is 0.865. The minimum atomic E-state index is -0.347. The number of nitrogens with one attached hydrogen (secondary N) is 1. The molecular weight excluding hydrogens is 245 g/mol. The molecule has 0 aliphatic heterocycles. The molecule has 1 aromatic carbocycles. The summed E-state index contributed by atoms with van der Waals surface area (Å²) in [4.78, 5) is 11.4. The predicted octanol–water partition coefficient (Wildman–Crippen LogP) is 2.68. The van der Waals surface area contributed by atoms with Crippen molar-refractivity contribution < 1.29 is 13.9 Å². The molecule has 0 heterocycles. The molecule has 0 radical (unpaired) electrons. The highest BCUT2D eigenvalue weighted by Crippen LogP contribution is 2.28. The van der Waals surface area contributed by atoms with Gasteiger partial charge in [-0.05, 0) is 50.8 Å². The lowest BCUT2D eigenvalue weighted by Crippen LogP contribution is -2.26. The molecule has 0 spiro atoms. The highest BCUT2D eigenvalue weighted by atomic mass is 19.1. The molecule has 0 bridgehead atoms. The monoisotopic (exact) mass is 265 g/mol. The van der Waals surface area contributed by atoms with Crippen molar-refractivity contribution in [3.8, 4) is 5.75 Å². The Balaban J connectivity index is 1.83. The summed E-state index contributed by atoms with van der Waals surface area (Å²) in [6.07, 6.45) is 2.60. The largest absolute Gasteiger partial charge is 0.488 e. The van der Waals surface area contributed by atoms with E-state index in [-0.39, 0.29) is 29.5 Å². The number of carbonyl (C=O) groups excluding carboxylic acids is 1. The summed E-state index contributed by atoms with van der Waals surface area (Å²) in [5.74, 6) is 0.277. The number of hydrogen-bond donors (Lipinski definition) is 1. The maximum Gasteiger partial charge on any atom is 0.223 e. The minimum Gasteiger partial charge on any atom is -0.488 e. The van der Waals surface area contributed by atoms with Crippen LogP contribution in [-0.2, 0) is 11.2 Å². The molecule has 1 aliphatic carbocycles. The van der Waals surface area contributed by atoms with Gasteiger partial charge in [0, 0.05) is 12.5 Å². The van der Waals surface area contributed by atoms with E-state index >= 15 is 0 Å². The van der Waals surface area contributed by atoms with Crippen molar-refractivity contribution >= 4 is 5.91 Å². The Bertz CT molecular complexity index is 455. The molecule has 3 nitrogen and oxygen atoms in total. The van der Waals surface area contributed by atoms with Crippen LogP contribution in [0.15, 0.2) is 18.2 Å². The summed E-state index contributed by atoms with van der Waals surface area (Å²) >= 11 is 0. The molecule has 0 aromatic heterocycles. The number of hydrogen-bond acceptors (Lipinski definition) is 2. The van der Waals surface area contributed by atoms with Gasteiger partial charge in [-0.2, -0.15) is 0 Å². The maximum atomic E-state index is 13.7. The molecule has 19 heavy (non-hydrogen) atoms. The Hall–Kier alpha value is -1.58. The Morgan fingerprint density at radius 2 is 2.21 bits per heavy atom. The molecule has 104 valence electrons. The topological polar surface area (TPSA) is 38.3 Å². The van der Waals surface area contributed by atoms with Gasteiger partial charge in [0.2, 0.25) is 5.91 Å². The van der Waals surface area contributed by atoms with Gasteiger partial charge in [0.1, 0.15) is 0 Å². The van der Waals surface area contributed by atoms with Crippen LogP contribution in [0.25, 0.3) is 0 Å². The van der Waals surface area contributed by atoms with E-state index in [9.17, 15) is 9.18 Å². The van der Waals surface area contributed by atoms with Crippen molar-refractivity contribution in [1.29, 1.82) is 0 Å². The van der Waals surface area contributed by atoms with Crippen LogP contribution < -0.4 is 10.1 Å². The van der Waals surface area contributed by atoms with Crippen molar-refractivity contribution in [3.63, 3.8) is 0 Å². The van der Waals surface area contributed by atoms with Crippen molar-refractivity contribution in [2.75, 3.05) is 6.54 Å². The summed E-state index contributed by atoms with van der Waals surface area (Å²) in [5, 5.41) is 2.87. The molecule has 1 fully saturated rings. The number of benzene rings is 1. The van der Waals surface area contributed by atoms with Gasteiger partial charge in [0.05, 0.1) is 6.10 Å². The molecule has 4 heteroatoms. The second kappa shape index (κ2) is 6.04. The summed E-state index contributed by atoms with van der Waals surface area (Å²) in [6, 6.07) is 4.96. The van der Waals surface area contributed by atoms with E-state index in [1.807, 2.05) is 19.9 Å². The van der Waals surface area contributed by atoms with E-state index in [2.05, 4.69) is 5.32 Å². The van der Waals surface area contributed by atoms with Crippen LogP contribution in [0.2, 0.25) is 0 Å². The Labute approximate surface area is 113 Å². The lowest BCUT2D eigenvalue weighted by Gasteiger charge is -2.11. The van der Waals surface area contributed by atoms with E-state index in [1.165, 1.54) is 6.07 Å². The van der Waals surface area contributed by atoms with Crippen molar-refractivity contribution in [2.45, 2.75) is 39.2 Å². The molecule has 1 aliphatic rings. The number of halogens is 1. The molecule has 1 amide bonds. The maximum absolute atomic E-state index is 13.7. The molecular formula is C15H20FNO2. The average Bonchev–Trinajstić information content (AvgIpc) is 3.16. The quantitative estimate of drug-likeness (QED) is 0.858. The first-order chi connectivity index (χ1) is 9.06. The first-order valence-electron chi connectivity index (χ1n) is 6.79. The third kappa shape index (κ3) is 4.23. The van der Waals surface area contributed by atoms with Crippen LogP contribution in [0.1, 0.15) is 32.3 Å². The summed E-state index contributed by atoms with van der Waals surface area (Å²) in [6.45, 7) is 4.28.